The zero-order chi connectivity index (χ0) is 16.5. The van der Waals surface area contributed by atoms with Gasteiger partial charge in [0.15, 0.2) is 0 Å². The van der Waals surface area contributed by atoms with Gasteiger partial charge in [-0.2, -0.15) is 5.10 Å². The van der Waals surface area contributed by atoms with Gasteiger partial charge in [0.05, 0.1) is 11.7 Å². The molecule has 0 saturated carbocycles. The molecular weight excluding hydrogens is 320 g/mol. The van der Waals surface area contributed by atoms with Crippen LogP contribution >= 0.6 is 11.6 Å². The fourth-order valence-corrected chi connectivity index (χ4v) is 3.67. The molecule has 5 heteroatoms. The van der Waals surface area contributed by atoms with E-state index in [9.17, 15) is 0 Å². The summed E-state index contributed by atoms with van der Waals surface area (Å²) in [6.07, 6.45) is 3.99. The van der Waals surface area contributed by atoms with Crippen molar-refractivity contribution in [3.63, 3.8) is 0 Å². The Morgan fingerprint density at radius 1 is 1.12 bits per heavy atom. The second-order valence-corrected chi connectivity index (χ2v) is 6.89. The van der Waals surface area contributed by atoms with Crippen LogP contribution in [0.2, 0.25) is 5.02 Å². The second-order valence-electron chi connectivity index (χ2n) is 6.45. The maximum atomic E-state index is 6.00. The molecule has 1 fully saturated rings. The molecule has 4 rings (SSSR count). The van der Waals surface area contributed by atoms with Crippen molar-refractivity contribution in [2.75, 3.05) is 24.5 Å². The van der Waals surface area contributed by atoms with Crippen LogP contribution < -0.4 is 4.90 Å². The molecule has 1 aliphatic rings. The predicted octanol–water partition coefficient (Wildman–Crippen LogP) is 3.70. The van der Waals surface area contributed by atoms with Crippen LogP contribution in [0, 0.1) is 0 Å². The third-order valence-corrected chi connectivity index (χ3v) is 5.02. The van der Waals surface area contributed by atoms with Gasteiger partial charge in [-0.3, -0.25) is 4.90 Å². The average molecular weight is 341 g/mol. The van der Waals surface area contributed by atoms with Crippen molar-refractivity contribution in [1.82, 2.24) is 14.5 Å². The van der Waals surface area contributed by atoms with Gasteiger partial charge in [-0.15, -0.1) is 0 Å². The Morgan fingerprint density at radius 2 is 1.96 bits per heavy atom. The van der Waals surface area contributed by atoms with Crippen molar-refractivity contribution in [2.45, 2.75) is 19.5 Å². The number of hydrogen-bond acceptors (Lipinski definition) is 3. The van der Waals surface area contributed by atoms with Crippen LogP contribution in [0.25, 0.3) is 5.52 Å². The minimum Gasteiger partial charge on any atom is -0.366 e. The normalized spacial score (nSPS) is 19.1. The van der Waals surface area contributed by atoms with Crippen LogP contribution in [0.3, 0.4) is 0 Å². The Kier molecular flexibility index (Phi) is 4.17. The van der Waals surface area contributed by atoms with Gasteiger partial charge in [0.25, 0.3) is 0 Å². The van der Waals surface area contributed by atoms with Crippen molar-refractivity contribution in [3.8, 4) is 0 Å². The van der Waals surface area contributed by atoms with E-state index in [2.05, 4.69) is 46.1 Å². The zero-order valence-electron chi connectivity index (χ0n) is 13.8. The fraction of sp³-hybridized carbons (Fsp3) is 0.316. The fourth-order valence-electron chi connectivity index (χ4n) is 3.54. The molecule has 1 aliphatic heterocycles. The smallest absolute Gasteiger partial charge is 0.0706 e. The maximum Gasteiger partial charge on any atom is 0.0706 e. The molecule has 0 bridgehead atoms. The van der Waals surface area contributed by atoms with Crippen LogP contribution in [0.5, 0.6) is 0 Å². The standard InChI is InChI=1S/C19H21ClN4/c1-15-13-22(10-11-23(15)18-7-5-17(20)6-8-18)14-16-12-21-24-9-3-2-4-19(16)24/h2-9,12,15H,10-11,13-14H2,1H3/t15-/m0/s1. The van der Waals surface area contributed by atoms with Gasteiger partial charge >= 0.3 is 0 Å². The van der Waals surface area contributed by atoms with Crippen molar-refractivity contribution in [3.05, 3.63) is 65.4 Å². The van der Waals surface area contributed by atoms with E-state index in [-0.39, 0.29) is 0 Å². The summed E-state index contributed by atoms with van der Waals surface area (Å²) >= 11 is 6.00. The second kappa shape index (κ2) is 6.46. The molecular formula is C19H21ClN4. The van der Waals surface area contributed by atoms with Gasteiger partial charge in [0, 0.05) is 54.7 Å². The number of pyridine rings is 1. The Labute approximate surface area is 147 Å². The van der Waals surface area contributed by atoms with E-state index < -0.39 is 0 Å². The molecule has 124 valence electrons. The van der Waals surface area contributed by atoms with Gasteiger partial charge < -0.3 is 4.90 Å². The molecule has 0 unspecified atom stereocenters. The molecule has 3 heterocycles. The van der Waals surface area contributed by atoms with E-state index in [1.54, 1.807) is 0 Å². The summed E-state index contributed by atoms with van der Waals surface area (Å²) in [6, 6.07) is 14.8. The summed E-state index contributed by atoms with van der Waals surface area (Å²) in [6.45, 7) is 6.37. The highest BCUT2D eigenvalue weighted by Gasteiger charge is 2.24. The number of piperazine rings is 1. The minimum atomic E-state index is 0.474. The lowest BCUT2D eigenvalue weighted by Crippen LogP contribution is -2.51. The molecule has 2 aromatic heterocycles. The summed E-state index contributed by atoms with van der Waals surface area (Å²) in [4.78, 5) is 4.98. The van der Waals surface area contributed by atoms with E-state index in [4.69, 9.17) is 11.6 Å². The van der Waals surface area contributed by atoms with Crippen LogP contribution in [-0.2, 0) is 6.54 Å². The largest absolute Gasteiger partial charge is 0.366 e. The van der Waals surface area contributed by atoms with E-state index in [0.29, 0.717) is 6.04 Å². The quantitative estimate of drug-likeness (QED) is 0.726. The topological polar surface area (TPSA) is 23.8 Å². The molecule has 1 saturated heterocycles. The summed E-state index contributed by atoms with van der Waals surface area (Å²) in [7, 11) is 0. The van der Waals surface area contributed by atoms with E-state index in [0.717, 1.165) is 31.2 Å². The first-order chi connectivity index (χ1) is 11.7. The monoisotopic (exact) mass is 340 g/mol. The van der Waals surface area contributed by atoms with Crippen LogP contribution in [0.1, 0.15) is 12.5 Å². The Balaban J connectivity index is 1.45. The number of benzene rings is 1. The Morgan fingerprint density at radius 3 is 2.75 bits per heavy atom. The molecule has 1 aromatic carbocycles. The molecule has 4 nitrogen and oxygen atoms in total. The molecule has 1 atom stereocenters. The average Bonchev–Trinajstić information content (AvgIpc) is 2.99. The summed E-state index contributed by atoms with van der Waals surface area (Å²) in [5.74, 6) is 0. The van der Waals surface area contributed by atoms with Gasteiger partial charge in [0.2, 0.25) is 0 Å². The maximum absolute atomic E-state index is 6.00. The molecule has 24 heavy (non-hydrogen) atoms. The van der Waals surface area contributed by atoms with Crippen molar-refractivity contribution in [2.24, 2.45) is 0 Å². The molecule has 0 spiro atoms. The number of halogens is 1. The summed E-state index contributed by atoms with van der Waals surface area (Å²) in [5, 5.41) is 5.23. The molecule has 0 amide bonds. The van der Waals surface area contributed by atoms with Crippen LogP contribution in [-0.4, -0.2) is 40.2 Å². The number of nitrogens with zero attached hydrogens (tertiary/aromatic N) is 4. The number of anilines is 1. The zero-order valence-corrected chi connectivity index (χ0v) is 14.5. The van der Waals surface area contributed by atoms with Crippen molar-refractivity contribution in [1.29, 1.82) is 0 Å². The predicted molar refractivity (Wildman–Crippen MR) is 98.7 cm³/mol. The number of rotatable bonds is 3. The molecule has 3 aromatic rings. The lowest BCUT2D eigenvalue weighted by molar-refractivity contribution is 0.221. The first kappa shape index (κ1) is 15.5. The van der Waals surface area contributed by atoms with Gasteiger partial charge in [0.1, 0.15) is 0 Å². The van der Waals surface area contributed by atoms with Crippen molar-refractivity contribution < 1.29 is 0 Å². The first-order valence-corrected chi connectivity index (χ1v) is 8.74. The summed E-state index contributed by atoms with van der Waals surface area (Å²) < 4.78 is 1.95. The van der Waals surface area contributed by atoms with Gasteiger partial charge in [-0.05, 0) is 43.3 Å². The lowest BCUT2D eigenvalue weighted by Gasteiger charge is -2.41. The van der Waals surface area contributed by atoms with Gasteiger partial charge in [-0.1, -0.05) is 17.7 Å². The third-order valence-electron chi connectivity index (χ3n) is 4.77. The highest BCUT2D eigenvalue weighted by Crippen LogP contribution is 2.23. The van der Waals surface area contributed by atoms with Crippen LogP contribution in [0.15, 0.2) is 54.9 Å². The van der Waals surface area contributed by atoms with E-state index in [1.165, 1.54) is 16.8 Å². The lowest BCUT2D eigenvalue weighted by atomic mass is 10.1. The van der Waals surface area contributed by atoms with E-state index >= 15 is 0 Å². The highest BCUT2D eigenvalue weighted by molar-refractivity contribution is 6.30. The third kappa shape index (κ3) is 2.99. The SMILES string of the molecule is C[C@H]1CN(Cc2cnn3ccccc23)CCN1c1ccc(Cl)cc1. The molecule has 0 aliphatic carbocycles. The molecule has 0 radical (unpaired) electrons. The van der Waals surface area contributed by atoms with Crippen LogP contribution in [0.4, 0.5) is 5.69 Å². The minimum absolute atomic E-state index is 0.474. The van der Waals surface area contributed by atoms with Gasteiger partial charge in [-0.25, -0.2) is 4.52 Å². The number of aromatic nitrogens is 2. The van der Waals surface area contributed by atoms with E-state index in [1.807, 2.05) is 35.1 Å². The first-order valence-electron chi connectivity index (χ1n) is 8.36. The Bertz CT molecular complexity index is 827. The van der Waals surface area contributed by atoms with Crippen molar-refractivity contribution >= 4 is 22.8 Å². The summed E-state index contributed by atoms with van der Waals surface area (Å²) in [5.41, 5.74) is 3.75. The number of fused-ring (bicyclic) bond motifs is 1. The highest BCUT2D eigenvalue weighted by atomic mass is 35.5. The molecule has 0 N–H and O–H groups in total. The number of hydrogen-bond donors (Lipinski definition) is 0. The Hall–Kier alpha value is -2.04.